The number of nitrogens with one attached hydrogen (secondary N) is 1. The molecule has 0 aromatic carbocycles. The highest BCUT2D eigenvalue weighted by Gasteiger charge is 2.42. The van der Waals surface area contributed by atoms with Gasteiger partial charge in [-0.1, -0.05) is 13.8 Å². The minimum atomic E-state index is 0.326. The van der Waals surface area contributed by atoms with Crippen molar-refractivity contribution < 1.29 is 4.74 Å². The van der Waals surface area contributed by atoms with E-state index in [0.29, 0.717) is 18.1 Å². The molecule has 1 aliphatic carbocycles. The minimum Gasteiger partial charge on any atom is -0.376 e. The van der Waals surface area contributed by atoms with Gasteiger partial charge in [0.25, 0.3) is 0 Å². The molecular weight excluding hydrogens is 242 g/mol. The van der Waals surface area contributed by atoms with E-state index in [-0.39, 0.29) is 0 Å². The first-order valence-corrected chi connectivity index (χ1v) is 7.34. The number of ether oxygens (including phenoxy) is 1. The minimum absolute atomic E-state index is 0.326. The quantitative estimate of drug-likeness (QED) is 0.836. The lowest BCUT2D eigenvalue weighted by Gasteiger charge is -2.19. The summed E-state index contributed by atoms with van der Waals surface area (Å²) in [6, 6.07) is 0.332. The highest BCUT2D eigenvalue weighted by Crippen LogP contribution is 2.43. The van der Waals surface area contributed by atoms with Crippen LogP contribution in [0.15, 0.2) is 0 Å². The molecule has 2 heterocycles. The molecular formula is C13H23N5O. The fourth-order valence-corrected chi connectivity index (χ4v) is 2.80. The van der Waals surface area contributed by atoms with Crippen LogP contribution in [0, 0.1) is 11.8 Å². The van der Waals surface area contributed by atoms with Gasteiger partial charge in [0.1, 0.15) is 0 Å². The average molecular weight is 265 g/mol. The van der Waals surface area contributed by atoms with Gasteiger partial charge in [-0.05, 0) is 48.1 Å². The smallest absolute Gasteiger partial charge is 0.165 e. The van der Waals surface area contributed by atoms with Crippen molar-refractivity contribution in [2.75, 3.05) is 13.2 Å². The van der Waals surface area contributed by atoms with Crippen LogP contribution in [-0.4, -0.2) is 39.5 Å². The second-order valence-electron chi connectivity index (χ2n) is 6.09. The van der Waals surface area contributed by atoms with Gasteiger partial charge in [-0.25, -0.2) is 4.68 Å². The summed E-state index contributed by atoms with van der Waals surface area (Å²) < 4.78 is 7.86. The molecule has 106 valence electrons. The van der Waals surface area contributed by atoms with Crippen molar-refractivity contribution in [1.82, 2.24) is 25.5 Å². The molecule has 0 amide bonds. The second kappa shape index (κ2) is 5.54. The first-order chi connectivity index (χ1) is 9.25. The molecule has 1 N–H and O–H groups in total. The monoisotopic (exact) mass is 265 g/mol. The maximum Gasteiger partial charge on any atom is 0.165 e. The van der Waals surface area contributed by atoms with E-state index >= 15 is 0 Å². The van der Waals surface area contributed by atoms with Gasteiger partial charge in [-0.2, -0.15) is 0 Å². The van der Waals surface area contributed by atoms with E-state index in [2.05, 4.69) is 34.7 Å². The third-order valence-electron chi connectivity index (χ3n) is 3.90. The van der Waals surface area contributed by atoms with E-state index < -0.39 is 0 Å². The van der Waals surface area contributed by atoms with E-state index in [1.54, 1.807) is 0 Å². The van der Waals surface area contributed by atoms with Crippen molar-refractivity contribution in [3.8, 4) is 0 Å². The Labute approximate surface area is 113 Å². The Balaban J connectivity index is 1.65. The molecule has 3 rings (SSSR count). The first kappa shape index (κ1) is 13.0. The lowest BCUT2D eigenvalue weighted by atomic mass is 10.1. The average Bonchev–Trinajstić information content (AvgIpc) is 2.93. The molecule has 19 heavy (non-hydrogen) atoms. The van der Waals surface area contributed by atoms with Crippen LogP contribution >= 0.6 is 0 Å². The third kappa shape index (κ3) is 2.95. The molecule has 0 radical (unpaired) electrons. The Morgan fingerprint density at radius 3 is 2.95 bits per heavy atom. The number of aromatic nitrogens is 4. The van der Waals surface area contributed by atoms with E-state index in [4.69, 9.17) is 4.74 Å². The fourth-order valence-electron chi connectivity index (χ4n) is 2.80. The van der Waals surface area contributed by atoms with Crippen LogP contribution in [-0.2, 0) is 11.3 Å². The Kier molecular flexibility index (Phi) is 3.79. The summed E-state index contributed by atoms with van der Waals surface area (Å²) in [5, 5.41) is 15.6. The summed E-state index contributed by atoms with van der Waals surface area (Å²) in [5.74, 6) is 2.30. The van der Waals surface area contributed by atoms with E-state index in [1.165, 1.54) is 12.8 Å². The third-order valence-corrected chi connectivity index (χ3v) is 3.90. The van der Waals surface area contributed by atoms with Gasteiger partial charge in [0.2, 0.25) is 0 Å². The van der Waals surface area contributed by atoms with Crippen LogP contribution in [0.2, 0.25) is 0 Å². The molecule has 1 saturated carbocycles. The highest BCUT2D eigenvalue weighted by molar-refractivity contribution is 4.95. The summed E-state index contributed by atoms with van der Waals surface area (Å²) in [7, 11) is 0. The van der Waals surface area contributed by atoms with Crippen molar-refractivity contribution in [1.29, 1.82) is 0 Å². The number of hydrogen-bond acceptors (Lipinski definition) is 5. The zero-order chi connectivity index (χ0) is 13.2. The predicted molar refractivity (Wildman–Crippen MR) is 70.5 cm³/mol. The zero-order valence-electron chi connectivity index (χ0n) is 11.7. The normalized spacial score (nSPS) is 27.3. The number of rotatable bonds is 6. The van der Waals surface area contributed by atoms with Crippen LogP contribution < -0.4 is 5.32 Å². The lowest BCUT2D eigenvalue weighted by molar-refractivity contribution is 0.0714. The van der Waals surface area contributed by atoms with Gasteiger partial charge in [-0.3, -0.25) is 0 Å². The van der Waals surface area contributed by atoms with Crippen molar-refractivity contribution in [3.63, 3.8) is 0 Å². The van der Waals surface area contributed by atoms with Gasteiger partial charge in [0, 0.05) is 6.61 Å². The standard InChI is InChI=1S/C13H23N5O/c1-9(2)7-14-8-12-15-16-17-18(12)11-5-6-19-13(11)10-3-4-10/h9-11,13-14H,3-8H2,1-2H3. The molecule has 1 aromatic heterocycles. The van der Waals surface area contributed by atoms with Crippen LogP contribution in [0.1, 0.15) is 45.0 Å². The highest BCUT2D eigenvalue weighted by atomic mass is 16.5. The molecule has 0 bridgehead atoms. The van der Waals surface area contributed by atoms with Gasteiger partial charge < -0.3 is 10.1 Å². The molecule has 0 spiro atoms. The SMILES string of the molecule is CC(C)CNCc1nnnn1C1CCOC1C1CC1. The summed E-state index contributed by atoms with van der Waals surface area (Å²) in [5.41, 5.74) is 0. The molecule has 2 aliphatic rings. The fraction of sp³-hybridized carbons (Fsp3) is 0.923. The van der Waals surface area contributed by atoms with Crippen LogP contribution in [0.25, 0.3) is 0 Å². The number of tetrazole rings is 1. The number of hydrogen-bond donors (Lipinski definition) is 1. The molecule has 6 nitrogen and oxygen atoms in total. The number of nitrogens with zero attached hydrogens (tertiary/aromatic N) is 4. The van der Waals surface area contributed by atoms with Crippen LogP contribution in [0.3, 0.4) is 0 Å². The largest absolute Gasteiger partial charge is 0.376 e. The molecule has 2 atom stereocenters. The van der Waals surface area contributed by atoms with Gasteiger partial charge in [-0.15, -0.1) is 5.10 Å². The topological polar surface area (TPSA) is 64.9 Å². The van der Waals surface area contributed by atoms with Gasteiger partial charge in [0.05, 0.1) is 18.7 Å². The van der Waals surface area contributed by atoms with E-state index in [1.807, 2.05) is 4.68 Å². The summed E-state index contributed by atoms with van der Waals surface area (Å²) in [6.45, 7) is 6.96. The Bertz CT molecular complexity index is 415. The Morgan fingerprint density at radius 1 is 1.37 bits per heavy atom. The van der Waals surface area contributed by atoms with Crippen molar-refractivity contribution in [2.24, 2.45) is 11.8 Å². The zero-order valence-corrected chi connectivity index (χ0v) is 11.7. The van der Waals surface area contributed by atoms with Crippen molar-refractivity contribution >= 4 is 0 Å². The molecule has 6 heteroatoms. The lowest BCUT2D eigenvalue weighted by Crippen LogP contribution is -2.27. The van der Waals surface area contributed by atoms with E-state index in [9.17, 15) is 0 Å². The summed E-state index contributed by atoms with van der Waals surface area (Å²) >= 11 is 0. The van der Waals surface area contributed by atoms with Gasteiger partial charge >= 0.3 is 0 Å². The van der Waals surface area contributed by atoms with Gasteiger partial charge in [0.15, 0.2) is 5.82 Å². The van der Waals surface area contributed by atoms with Crippen molar-refractivity contribution in [3.05, 3.63) is 5.82 Å². The maximum absolute atomic E-state index is 5.87. The maximum atomic E-state index is 5.87. The predicted octanol–water partition coefficient (Wildman–Crippen LogP) is 1.16. The van der Waals surface area contributed by atoms with Crippen molar-refractivity contribution in [2.45, 2.75) is 51.8 Å². The summed E-state index contributed by atoms with van der Waals surface area (Å²) in [4.78, 5) is 0. The van der Waals surface area contributed by atoms with E-state index in [0.717, 1.165) is 37.9 Å². The van der Waals surface area contributed by atoms with Crippen LogP contribution in [0.4, 0.5) is 0 Å². The Hall–Kier alpha value is -1.01. The molecule has 1 saturated heterocycles. The molecule has 1 aromatic rings. The Morgan fingerprint density at radius 2 is 2.21 bits per heavy atom. The summed E-state index contributed by atoms with van der Waals surface area (Å²) in [6.07, 6.45) is 3.95. The first-order valence-electron chi connectivity index (χ1n) is 7.34. The molecule has 2 unspecified atom stereocenters. The second-order valence-corrected chi connectivity index (χ2v) is 6.09. The van der Waals surface area contributed by atoms with Crippen LogP contribution in [0.5, 0.6) is 0 Å². The molecule has 1 aliphatic heterocycles. The molecule has 2 fully saturated rings.